The average Bonchev–Trinajstić information content (AvgIpc) is 2.67. The summed E-state index contributed by atoms with van der Waals surface area (Å²) < 4.78 is 0. The fraction of sp³-hybridized carbons (Fsp3) is 0.647. The molecular weight excluding hydrogens is 322 g/mol. The van der Waals surface area contributed by atoms with Gasteiger partial charge in [0.2, 0.25) is 0 Å². The van der Waals surface area contributed by atoms with Crippen molar-refractivity contribution in [2.24, 2.45) is 0 Å². The highest BCUT2D eigenvalue weighted by Gasteiger charge is 2.17. The molecule has 0 aliphatic carbocycles. The van der Waals surface area contributed by atoms with Gasteiger partial charge in [-0.05, 0) is 18.2 Å². The van der Waals surface area contributed by atoms with Crippen LogP contribution in [0.2, 0.25) is 0 Å². The molecule has 0 atom stereocenters. The standard InChI is InChI=1S/C17H27N5OS/c1-2-20-5-7-21(8-6-20)16-4-3-15(13-18-16)14-19-17(23)22-9-11-24-12-10-22/h3-4,13H,2,5-12,14H2,1H3,(H,19,23). The minimum Gasteiger partial charge on any atom is -0.354 e. The summed E-state index contributed by atoms with van der Waals surface area (Å²) >= 11 is 1.91. The highest BCUT2D eigenvalue weighted by molar-refractivity contribution is 7.99. The third kappa shape index (κ3) is 4.54. The van der Waals surface area contributed by atoms with Crippen molar-refractivity contribution in [2.75, 3.05) is 62.2 Å². The molecule has 0 bridgehead atoms. The second-order valence-electron chi connectivity index (χ2n) is 6.20. The highest BCUT2D eigenvalue weighted by Crippen LogP contribution is 2.14. The first kappa shape index (κ1) is 17.4. The van der Waals surface area contributed by atoms with Gasteiger partial charge in [0, 0.05) is 63.5 Å². The molecule has 1 aromatic rings. The van der Waals surface area contributed by atoms with E-state index in [2.05, 4.69) is 39.2 Å². The fourth-order valence-electron chi connectivity index (χ4n) is 3.06. The molecule has 24 heavy (non-hydrogen) atoms. The van der Waals surface area contributed by atoms with Crippen LogP contribution in [0.25, 0.3) is 0 Å². The van der Waals surface area contributed by atoms with E-state index in [1.807, 2.05) is 22.9 Å². The molecule has 0 unspecified atom stereocenters. The van der Waals surface area contributed by atoms with E-state index in [1.165, 1.54) is 0 Å². The van der Waals surface area contributed by atoms with Crippen molar-refractivity contribution in [3.05, 3.63) is 23.9 Å². The molecular formula is C17H27N5OS. The predicted octanol–water partition coefficient (Wildman–Crippen LogP) is 1.48. The van der Waals surface area contributed by atoms with E-state index >= 15 is 0 Å². The molecule has 6 nitrogen and oxygen atoms in total. The van der Waals surface area contributed by atoms with Crippen LogP contribution in [0.4, 0.5) is 10.6 Å². The van der Waals surface area contributed by atoms with Crippen molar-refractivity contribution < 1.29 is 4.79 Å². The first-order valence-corrected chi connectivity index (χ1v) is 9.94. The van der Waals surface area contributed by atoms with Gasteiger partial charge in [0.25, 0.3) is 0 Å². The van der Waals surface area contributed by atoms with E-state index in [0.29, 0.717) is 6.54 Å². The second-order valence-corrected chi connectivity index (χ2v) is 7.43. The number of amides is 2. The fourth-order valence-corrected chi connectivity index (χ4v) is 3.96. The minimum atomic E-state index is 0.0371. The quantitative estimate of drug-likeness (QED) is 0.892. The Balaban J connectivity index is 1.47. The molecule has 3 heterocycles. The zero-order chi connectivity index (χ0) is 16.8. The molecule has 1 aromatic heterocycles. The van der Waals surface area contributed by atoms with Crippen LogP contribution in [-0.4, -0.2) is 78.1 Å². The number of urea groups is 1. The van der Waals surface area contributed by atoms with Crippen molar-refractivity contribution in [1.82, 2.24) is 20.1 Å². The number of nitrogens with zero attached hydrogens (tertiary/aromatic N) is 4. The molecule has 7 heteroatoms. The summed E-state index contributed by atoms with van der Waals surface area (Å²) in [6, 6.07) is 4.18. The third-order valence-electron chi connectivity index (χ3n) is 4.69. The van der Waals surface area contributed by atoms with Crippen LogP contribution in [0, 0.1) is 0 Å². The van der Waals surface area contributed by atoms with Gasteiger partial charge in [-0.25, -0.2) is 9.78 Å². The molecule has 0 spiro atoms. The summed E-state index contributed by atoms with van der Waals surface area (Å²) in [6.07, 6.45) is 1.88. The number of likely N-dealkylation sites (N-methyl/N-ethyl adjacent to an activating group) is 1. The Labute approximate surface area is 148 Å². The Kier molecular flexibility index (Phi) is 6.20. The largest absolute Gasteiger partial charge is 0.354 e. The number of carbonyl (C=O) groups excluding carboxylic acids is 1. The van der Waals surface area contributed by atoms with Gasteiger partial charge in [0.05, 0.1) is 0 Å². The van der Waals surface area contributed by atoms with Crippen LogP contribution < -0.4 is 10.2 Å². The van der Waals surface area contributed by atoms with Crippen LogP contribution in [0.3, 0.4) is 0 Å². The molecule has 0 saturated carbocycles. The molecule has 2 amide bonds. The highest BCUT2D eigenvalue weighted by atomic mass is 32.2. The van der Waals surface area contributed by atoms with Gasteiger partial charge in [-0.15, -0.1) is 0 Å². The van der Waals surface area contributed by atoms with Crippen LogP contribution in [0.5, 0.6) is 0 Å². The molecule has 0 radical (unpaired) electrons. The molecule has 2 aliphatic rings. The average molecular weight is 350 g/mol. The lowest BCUT2D eigenvalue weighted by molar-refractivity contribution is 0.202. The summed E-state index contributed by atoms with van der Waals surface area (Å²) in [7, 11) is 0. The Bertz CT molecular complexity index is 524. The Morgan fingerprint density at radius 2 is 1.92 bits per heavy atom. The van der Waals surface area contributed by atoms with Crippen LogP contribution >= 0.6 is 11.8 Å². The number of thioether (sulfide) groups is 1. The van der Waals surface area contributed by atoms with Gasteiger partial charge < -0.3 is 20.0 Å². The third-order valence-corrected chi connectivity index (χ3v) is 5.64. The van der Waals surface area contributed by atoms with Gasteiger partial charge in [-0.3, -0.25) is 0 Å². The predicted molar refractivity (Wildman–Crippen MR) is 99.7 cm³/mol. The molecule has 2 aliphatic heterocycles. The lowest BCUT2D eigenvalue weighted by Gasteiger charge is -2.34. The van der Waals surface area contributed by atoms with Crippen LogP contribution in [0.1, 0.15) is 12.5 Å². The van der Waals surface area contributed by atoms with E-state index in [0.717, 1.165) is 68.7 Å². The van der Waals surface area contributed by atoms with E-state index in [9.17, 15) is 4.79 Å². The van der Waals surface area contributed by atoms with E-state index < -0.39 is 0 Å². The lowest BCUT2D eigenvalue weighted by Crippen LogP contribution is -2.46. The zero-order valence-electron chi connectivity index (χ0n) is 14.4. The topological polar surface area (TPSA) is 51.7 Å². The summed E-state index contributed by atoms with van der Waals surface area (Å²) in [4.78, 5) is 23.4. The first-order chi connectivity index (χ1) is 11.8. The summed E-state index contributed by atoms with van der Waals surface area (Å²) in [5.41, 5.74) is 1.05. The number of aromatic nitrogens is 1. The van der Waals surface area contributed by atoms with Crippen molar-refractivity contribution in [2.45, 2.75) is 13.5 Å². The summed E-state index contributed by atoms with van der Waals surface area (Å²) in [6.45, 7) is 9.82. The van der Waals surface area contributed by atoms with Crippen LogP contribution in [0.15, 0.2) is 18.3 Å². The van der Waals surface area contributed by atoms with Gasteiger partial charge in [-0.2, -0.15) is 11.8 Å². The van der Waals surface area contributed by atoms with Crippen molar-refractivity contribution in [1.29, 1.82) is 0 Å². The number of pyridine rings is 1. The normalized spacial score (nSPS) is 19.4. The molecule has 0 aromatic carbocycles. The van der Waals surface area contributed by atoms with Crippen LogP contribution in [-0.2, 0) is 6.54 Å². The van der Waals surface area contributed by atoms with Crippen molar-refractivity contribution in [3.8, 4) is 0 Å². The molecule has 1 N–H and O–H groups in total. The Morgan fingerprint density at radius 1 is 1.17 bits per heavy atom. The SMILES string of the molecule is CCN1CCN(c2ccc(CNC(=O)N3CCSCC3)cn2)CC1. The maximum Gasteiger partial charge on any atom is 0.317 e. The number of hydrogen-bond acceptors (Lipinski definition) is 5. The number of piperazine rings is 1. The zero-order valence-corrected chi connectivity index (χ0v) is 15.2. The maximum absolute atomic E-state index is 12.1. The molecule has 3 rings (SSSR count). The van der Waals surface area contributed by atoms with E-state index in [1.54, 1.807) is 0 Å². The molecule has 132 valence electrons. The Morgan fingerprint density at radius 3 is 2.54 bits per heavy atom. The first-order valence-electron chi connectivity index (χ1n) is 8.79. The minimum absolute atomic E-state index is 0.0371. The number of anilines is 1. The van der Waals surface area contributed by atoms with Gasteiger partial charge in [0.1, 0.15) is 5.82 Å². The molecule has 2 fully saturated rings. The van der Waals surface area contributed by atoms with Crippen molar-refractivity contribution in [3.63, 3.8) is 0 Å². The summed E-state index contributed by atoms with van der Waals surface area (Å²) in [5, 5.41) is 3.00. The number of carbonyl (C=O) groups is 1. The van der Waals surface area contributed by atoms with Gasteiger partial charge in [-0.1, -0.05) is 13.0 Å². The summed E-state index contributed by atoms with van der Waals surface area (Å²) in [5.74, 6) is 3.11. The van der Waals surface area contributed by atoms with Crippen molar-refractivity contribution >= 4 is 23.6 Å². The number of nitrogens with one attached hydrogen (secondary N) is 1. The second kappa shape index (κ2) is 8.58. The van der Waals surface area contributed by atoms with Gasteiger partial charge in [0.15, 0.2) is 0 Å². The van der Waals surface area contributed by atoms with E-state index in [-0.39, 0.29) is 6.03 Å². The monoisotopic (exact) mass is 349 g/mol. The smallest absolute Gasteiger partial charge is 0.317 e. The Hall–Kier alpha value is -1.47. The number of hydrogen-bond donors (Lipinski definition) is 1. The maximum atomic E-state index is 12.1. The molecule has 2 saturated heterocycles. The lowest BCUT2D eigenvalue weighted by atomic mass is 10.2. The number of rotatable bonds is 4. The van der Waals surface area contributed by atoms with Gasteiger partial charge >= 0.3 is 6.03 Å². The van der Waals surface area contributed by atoms with E-state index in [4.69, 9.17) is 0 Å².